The Hall–Kier alpha value is 0.134. The van der Waals surface area contributed by atoms with Gasteiger partial charge >= 0.3 is 0 Å². The molecule has 0 aliphatic rings. The molecule has 0 bridgehead atoms. The summed E-state index contributed by atoms with van der Waals surface area (Å²) < 4.78 is 5.89. The molecular weight excluding hydrogens is 216 g/mol. The first kappa shape index (κ1) is 15.1. The van der Waals surface area contributed by atoms with Gasteiger partial charge in [-0.1, -0.05) is 32.0 Å². The molecule has 0 radical (unpaired) electrons. The molecule has 0 saturated carbocycles. The zero-order valence-corrected chi connectivity index (χ0v) is 13.2. The van der Waals surface area contributed by atoms with Gasteiger partial charge < -0.3 is 4.43 Å². The fourth-order valence-electron chi connectivity index (χ4n) is 2.01. The Morgan fingerprint density at radius 1 is 1.07 bits per heavy atom. The molecule has 0 rings (SSSR count). The molecule has 0 aromatic carbocycles. The largest absolute Gasteiger partial charge is 0.418 e. The van der Waals surface area contributed by atoms with Gasteiger partial charge in [0.05, 0.1) is 8.07 Å². The van der Waals surface area contributed by atoms with Crippen molar-refractivity contribution >= 4 is 16.4 Å². The van der Waals surface area contributed by atoms with E-state index in [1.807, 2.05) is 0 Å². The van der Waals surface area contributed by atoms with Crippen molar-refractivity contribution in [3.05, 3.63) is 12.3 Å². The molecule has 0 aromatic heterocycles. The van der Waals surface area contributed by atoms with E-state index in [0.29, 0.717) is 0 Å². The van der Waals surface area contributed by atoms with Crippen molar-refractivity contribution in [2.45, 2.75) is 58.0 Å². The summed E-state index contributed by atoms with van der Waals surface area (Å²) in [7, 11) is -2.51. The monoisotopic (exact) mass is 244 g/mol. The predicted octanol–water partition coefficient (Wildman–Crippen LogP) is 4.44. The maximum absolute atomic E-state index is 5.89. The summed E-state index contributed by atoms with van der Waals surface area (Å²) in [4.78, 5) is 0. The second-order valence-electron chi connectivity index (χ2n) is 4.97. The lowest BCUT2D eigenvalue weighted by Crippen LogP contribution is -2.36. The maximum atomic E-state index is 5.89. The zero-order chi connectivity index (χ0) is 11.9. The van der Waals surface area contributed by atoms with Crippen molar-refractivity contribution in [3.63, 3.8) is 0 Å². The molecule has 0 N–H and O–H groups in total. The van der Waals surface area contributed by atoms with E-state index in [4.69, 9.17) is 4.43 Å². The van der Waals surface area contributed by atoms with E-state index in [1.165, 1.54) is 24.2 Å². The van der Waals surface area contributed by atoms with Gasteiger partial charge in [-0.25, -0.2) is 0 Å². The molecule has 0 aliphatic carbocycles. The van der Waals surface area contributed by atoms with Crippen LogP contribution in [-0.4, -0.2) is 23.0 Å². The van der Waals surface area contributed by atoms with E-state index < -0.39 is 16.4 Å². The van der Waals surface area contributed by atoms with Gasteiger partial charge in [-0.05, 0) is 26.1 Å². The van der Waals surface area contributed by atoms with Crippen LogP contribution >= 0.6 is 0 Å². The standard InChI is InChI=1S/C12H28OSi2/c1-7-13-14(5,6)11-12-15(8-2,9-3)10-4/h8H,2,7,9-12H2,1,3-6H3. The Balaban J connectivity index is 4.26. The van der Waals surface area contributed by atoms with Gasteiger partial charge in [-0.15, -0.1) is 12.3 Å². The highest BCUT2D eigenvalue weighted by molar-refractivity contribution is 6.86. The normalized spacial score (nSPS) is 12.9. The van der Waals surface area contributed by atoms with Gasteiger partial charge in [-0.3, -0.25) is 0 Å². The Kier molecular flexibility index (Phi) is 6.72. The molecule has 0 amide bonds. The van der Waals surface area contributed by atoms with E-state index in [-0.39, 0.29) is 0 Å². The van der Waals surface area contributed by atoms with Crippen molar-refractivity contribution < 1.29 is 4.43 Å². The van der Waals surface area contributed by atoms with Crippen LogP contribution < -0.4 is 0 Å². The molecule has 0 heterocycles. The topological polar surface area (TPSA) is 9.23 Å². The highest BCUT2D eigenvalue weighted by Gasteiger charge is 2.30. The SMILES string of the molecule is C=C[Si](CC)(CC)CC[Si](C)(C)OCC. The number of hydrogen-bond acceptors (Lipinski definition) is 1. The lowest BCUT2D eigenvalue weighted by Gasteiger charge is -2.30. The zero-order valence-electron chi connectivity index (χ0n) is 11.2. The lowest BCUT2D eigenvalue weighted by atomic mass is 10.9. The van der Waals surface area contributed by atoms with Crippen LogP contribution in [0.3, 0.4) is 0 Å². The third kappa shape index (κ3) is 5.13. The van der Waals surface area contributed by atoms with Crippen LogP contribution in [0, 0.1) is 0 Å². The summed E-state index contributed by atoms with van der Waals surface area (Å²) in [5, 5.41) is 0. The summed E-state index contributed by atoms with van der Waals surface area (Å²) in [5.74, 6) is 0. The van der Waals surface area contributed by atoms with Gasteiger partial charge in [0.15, 0.2) is 8.32 Å². The molecule has 0 unspecified atom stereocenters. The second kappa shape index (κ2) is 6.66. The van der Waals surface area contributed by atoms with Crippen molar-refractivity contribution in [2.24, 2.45) is 0 Å². The van der Waals surface area contributed by atoms with E-state index in [2.05, 4.69) is 46.1 Å². The number of hydrogen-bond donors (Lipinski definition) is 0. The van der Waals surface area contributed by atoms with Gasteiger partial charge in [0, 0.05) is 6.61 Å². The average Bonchev–Trinajstić information content (AvgIpc) is 2.21. The lowest BCUT2D eigenvalue weighted by molar-refractivity contribution is 0.330. The van der Waals surface area contributed by atoms with E-state index in [9.17, 15) is 0 Å². The van der Waals surface area contributed by atoms with Crippen LogP contribution in [0.25, 0.3) is 0 Å². The van der Waals surface area contributed by atoms with Crippen molar-refractivity contribution in [2.75, 3.05) is 6.61 Å². The summed E-state index contributed by atoms with van der Waals surface area (Å²) >= 11 is 0. The minimum absolute atomic E-state index is 0.875. The van der Waals surface area contributed by atoms with Crippen LogP contribution in [0.2, 0.25) is 37.3 Å². The predicted molar refractivity (Wildman–Crippen MR) is 75.6 cm³/mol. The fourth-order valence-corrected chi connectivity index (χ4v) is 9.32. The minimum atomic E-state index is -1.37. The van der Waals surface area contributed by atoms with Gasteiger partial charge in [0.2, 0.25) is 0 Å². The quantitative estimate of drug-likeness (QED) is 0.574. The van der Waals surface area contributed by atoms with Crippen LogP contribution in [0.4, 0.5) is 0 Å². The first-order valence-electron chi connectivity index (χ1n) is 6.23. The van der Waals surface area contributed by atoms with E-state index in [0.717, 1.165) is 6.61 Å². The Morgan fingerprint density at radius 2 is 1.60 bits per heavy atom. The van der Waals surface area contributed by atoms with E-state index in [1.54, 1.807) is 0 Å². The summed E-state index contributed by atoms with van der Waals surface area (Å²) in [6.45, 7) is 16.4. The van der Waals surface area contributed by atoms with Crippen molar-refractivity contribution in [1.29, 1.82) is 0 Å². The molecule has 15 heavy (non-hydrogen) atoms. The van der Waals surface area contributed by atoms with Gasteiger partial charge in [0.1, 0.15) is 0 Å². The third-order valence-electron chi connectivity index (χ3n) is 3.60. The van der Waals surface area contributed by atoms with Crippen LogP contribution in [0.15, 0.2) is 12.3 Å². The summed E-state index contributed by atoms with van der Waals surface area (Å²) in [5.41, 5.74) is 2.30. The van der Waals surface area contributed by atoms with Crippen LogP contribution in [0.5, 0.6) is 0 Å². The van der Waals surface area contributed by atoms with Gasteiger partial charge in [0.25, 0.3) is 0 Å². The fraction of sp³-hybridized carbons (Fsp3) is 0.833. The van der Waals surface area contributed by atoms with E-state index >= 15 is 0 Å². The van der Waals surface area contributed by atoms with Crippen LogP contribution in [-0.2, 0) is 4.43 Å². The smallest absolute Gasteiger partial charge is 0.186 e. The first-order chi connectivity index (χ1) is 6.95. The third-order valence-corrected chi connectivity index (χ3v) is 11.6. The molecule has 0 fully saturated rings. The maximum Gasteiger partial charge on any atom is 0.186 e. The second-order valence-corrected chi connectivity index (χ2v) is 14.3. The molecule has 90 valence electrons. The molecule has 0 aromatic rings. The average molecular weight is 245 g/mol. The Bertz CT molecular complexity index is 186. The highest BCUT2D eigenvalue weighted by Crippen LogP contribution is 2.27. The molecule has 0 atom stereocenters. The minimum Gasteiger partial charge on any atom is -0.418 e. The van der Waals surface area contributed by atoms with Crippen molar-refractivity contribution in [3.8, 4) is 0 Å². The molecule has 0 aliphatic heterocycles. The number of rotatable bonds is 8. The summed E-state index contributed by atoms with van der Waals surface area (Å²) in [6, 6.07) is 5.36. The Morgan fingerprint density at radius 3 is 1.93 bits per heavy atom. The highest BCUT2D eigenvalue weighted by atomic mass is 28.4. The van der Waals surface area contributed by atoms with Crippen molar-refractivity contribution in [1.82, 2.24) is 0 Å². The van der Waals surface area contributed by atoms with Gasteiger partial charge in [-0.2, -0.15) is 0 Å². The molecular formula is C12H28OSi2. The molecule has 0 spiro atoms. The molecule has 3 heteroatoms. The van der Waals surface area contributed by atoms with Crippen LogP contribution in [0.1, 0.15) is 20.8 Å². The Labute approximate surface area is 98.1 Å². The molecule has 0 saturated heterocycles. The summed E-state index contributed by atoms with van der Waals surface area (Å²) in [6.07, 6.45) is 0. The molecule has 1 nitrogen and oxygen atoms in total. The first-order valence-corrected chi connectivity index (χ1v) is 12.0.